The van der Waals surface area contributed by atoms with Gasteiger partial charge in [-0.25, -0.2) is 13.2 Å². The summed E-state index contributed by atoms with van der Waals surface area (Å²) in [6.45, 7) is 6.06. The number of hydrogen-bond acceptors (Lipinski definition) is 6. The number of halogens is 3. The minimum atomic E-state index is -2.88. The van der Waals surface area contributed by atoms with Gasteiger partial charge in [-0.1, -0.05) is 18.2 Å². The quantitative estimate of drug-likeness (QED) is 0.558. The Kier molecular flexibility index (Phi) is 5.60. The molecule has 5 rings (SSSR count). The molecule has 174 valence electrons. The third-order valence-electron chi connectivity index (χ3n) is 6.75. The number of fused-ring (bicyclic) bond motifs is 1. The van der Waals surface area contributed by atoms with Crippen molar-refractivity contribution in [1.82, 2.24) is 15.2 Å². The maximum absolute atomic E-state index is 14.7. The lowest BCUT2D eigenvalue weighted by Crippen LogP contribution is -2.32. The Morgan fingerprint density at radius 3 is 2.76 bits per heavy atom. The second-order valence-electron chi connectivity index (χ2n) is 8.95. The highest BCUT2D eigenvalue weighted by Gasteiger charge is 2.41. The zero-order chi connectivity index (χ0) is 23.2. The molecule has 2 atom stereocenters. The number of aryl methyl sites for hydroxylation is 1. The fraction of sp³-hybridized carbons (Fsp3) is 0.458. The van der Waals surface area contributed by atoms with E-state index in [4.69, 9.17) is 4.74 Å². The first-order valence-corrected chi connectivity index (χ1v) is 11.2. The average Bonchev–Trinajstić information content (AvgIpc) is 3.45. The van der Waals surface area contributed by atoms with Gasteiger partial charge in [0.25, 0.3) is 6.43 Å². The van der Waals surface area contributed by atoms with Crippen LogP contribution in [0.4, 0.5) is 24.7 Å². The molecule has 0 bridgehead atoms. The molecule has 0 radical (unpaired) electrons. The number of nitrogens with zero attached hydrogens (tertiary/aromatic N) is 4. The van der Waals surface area contributed by atoms with E-state index in [9.17, 15) is 13.2 Å². The summed E-state index contributed by atoms with van der Waals surface area (Å²) >= 11 is 0. The minimum absolute atomic E-state index is 0.0653. The summed E-state index contributed by atoms with van der Waals surface area (Å²) in [5.41, 5.74) is 1.80. The second-order valence-corrected chi connectivity index (χ2v) is 8.95. The summed E-state index contributed by atoms with van der Waals surface area (Å²) in [6.07, 6.45) is 2.11. The van der Waals surface area contributed by atoms with Crippen LogP contribution in [0.1, 0.15) is 55.5 Å². The fourth-order valence-corrected chi connectivity index (χ4v) is 4.92. The Morgan fingerprint density at radius 1 is 1.18 bits per heavy atom. The highest BCUT2D eigenvalue weighted by Crippen LogP contribution is 2.38. The van der Waals surface area contributed by atoms with Crippen molar-refractivity contribution in [1.29, 1.82) is 0 Å². The van der Waals surface area contributed by atoms with Crippen molar-refractivity contribution in [2.24, 2.45) is 0 Å². The van der Waals surface area contributed by atoms with E-state index in [1.165, 1.54) is 12.1 Å². The van der Waals surface area contributed by atoms with E-state index in [1.54, 1.807) is 6.92 Å². The van der Waals surface area contributed by atoms with Gasteiger partial charge in [-0.05, 0) is 39.2 Å². The van der Waals surface area contributed by atoms with E-state index >= 15 is 0 Å². The van der Waals surface area contributed by atoms with Gasteiger partial charge in [-0.3, -0.25) is 4.98 Å². The first-order valence-electron chi connectivity index (χ1n) is 11.2. The molecule has 3 aromatic rings. The maximum atomic E-state index is 14.7. The Morgan fingerprint density at radius 2 is 2.00 bits per heavy atom. The van der Waals surface area contributed by atoms with Crippen LogP contribution in [0.25, 0.3) is 10.9 Å². The number of benzene rings is 1. The van der Waals surface area contributed by atoms with E-state index in [2.05, 4.69) is 25.4 Å². The molecule has 2 aromatic heterocycles. The molecule has 1 N–H and O–H groups in total. The van der Waals surface area contributed by atoms with Gasteiger partial charge in [0.2, 0.25) is 0 Å². The zero-order valence-electron chi connectivity index (χ0n) is 18.6. The molecule has 0 saturated carbocycles. The second kappa shape index (κ2) is 8.44. The number of pyridine rings is 1. The number of ether oxygens (including phenoxy) is 1. The SMILES string of the molecule is Cc1nnc(N[C@H](C)c2cccc(C(F)F)c2F)c2cc(N3CCC4(CCCO4)C3)cnc12. The lowest BCUT2D eigenvalue weighted by molar-refractivity contribution is 0.0231. The molecular weight excluding hydrogens is 431 g/mol. The molecule has 1 unspecified atom stereocenters. The lowest BCUT2D eigenvalue weighted by Gasteiger charge is -2.24. The van der Waals surface area contributed by atoms with E-state index in [0.717, 1.165) is 56.1 Å². The number of aromatic nitrogens is 3. The summed E-state index contributed by atoms with van der Waals surface area (Å²) in [5.74, 6) is -0.472. The Bertz CT molecular complexity index is 1180. The monoisotopic (exact) mass is 457 g/mol. The van der Waals surface area contributed by atoms with Crippen molar-refractivity contribution in [3.05, 3.63) is 53.1 Å². The number of nitrogens with one attached hydrogen (secondary N) is 1. The van der Waals surface area contributed by atoms with Crippen LogP contribution in [0.15, 0.2) is 30.5 Å². The molecule has 2 aliphatic heterocycles. The van der Waals surface area contributed by atoms with Gasteiger partial charge in [-0.2, -0.15) is 5.10 Å². The first kappa shape index (κ1) is 21.9. The molecular formula is C24H26F3N5O. The number of anilines is 2. The van der Waals surface area contributed by atoms with Crippen LogP contribution in [0.5, 0.6) is 0 Å². The van der Waals surface area contributed by atoms with E-state index < -0.39 is 23.8 Å². The van der Waals surface area contributed by atoms with Gasteiger partial charge in [-0.15, -0.1) is 5.10 Å². The van der Waals surface area contributed by atoms with Gasteiger partial charge in [0.05, 0.1) is 40.3 Å². The van der Waals surface area contributed by atoms with Crippen LogP contribution in [0.3, 0.4) is 0 Å². The van der Waals surface area contributed by atoms with Crippen molar-refractivity contribution in [2.45, 2.75) is 51.2 Å². The summed E-state index contributed by atoms with van der Waals surface area (Å²) in [5, 5.41) is 12.4. The normalized spacial score (nSPS) is 21.5. The summed E-state index contributed by atoms with van der Waals surface area (Å²) in [7, 11) is 0. The molecule has 6 nitrogen and oxygen atoms in total. The van der Waals surface area contributed by atoms with Crippen LogP contribution in [0, 0.1) is 12.7 Å². The van der Waals surface area contributed by atoms with Crippen molar-refractivity contribution in [2.75, 3.05) is 29.9 Å². The summed E-state index contributed by atoms with van der Waals surface area (Å²) in [6, 6.07) is 5.45. The molecule has 2 fully saturated rings. The van der Waals surface area contributed by atoms with Crippen molar-refractivity contribution < 1.29 is 17.9 Å². The lowest BCUT2D eigenvalue weighted by atomic mass is 10.00. The molecule has 9 heteroatoms. The number of hydrogen-bond donors (Lipinski definition) is 1. The standard InChI is InChI=1S/C24H26F3N5O/c1-14(17-5-3-6-18(20(17)25)22(26)27)29-23-19-11-16(12-28-21(19)15(2)30-31-23)32-9-8-24(13-32)7-4-10-33-24/h3,5-6,11-12,14,22H,4,7-10,13H2,1-2H3,(H,29,31)/t14-,24?/m1/s1. The first-order chi connectivity index (χ1) is 15.9. The predicted molar refractivity (Wildman–Crippen MR) is 120 cm³/mol. The molecule has 0 aliphatic carbocycles. The molecule has 1 spiro atoms. The van der Waals surface area contributed by atoms with Gasteiger partial charge < -0.3 is 15.0 Å². The molecule has 33 heavy (non-hydrogen) atoms. The van der Waals surface area contributed by atoms with E-state index in [1.807, 2.05) is 19.2 Å². The van der Waals surface area contributed by atoms with Gasteiger partial charge in [0.1, 0.15) is 5.82 Å². The third kappa shape index (κ3) is 3.99. The third-order valence-corrected chi connectivity index (χ3v) is 6.75. The molecule has 2 aliphatic rings. The van der Waals surface area contributed by atoms with E-state index in [0.29, 0.717) is 17.0 Å². The Hall–Kier alpha value is -2.94. The van der Waals surface area contributed by atoms with Crippen molar-refractivity contribution in [3.63, 3.8) is 0 Å². The van der Waals surface area contributed by atoms with Crippen molar-refractivity contribution >= 4 is 22.4 Å². The van der Waals surface area contributed by atoms with Crippen LogP contribution in [-0.2, 0) is 4.74 Å². The minimum Gasteiger partial charge on any atom is -0.373 e. The van der Waals surface area contributed by atoms with Crippen LogP contribution in [0.2, 0.25) is 0 Å². The number of alkyl halides is 2. The van der Waals surface area contributed by atoms with Crippen LogP contribution < -0.4 is 10.2 Å². The maximum Gasteiger partial charge on any atom is 0.266 e. The summed E-state index contributed by atoms with van der Waals surface area (Å²) in [4.78, 5) is 6.91. The van der Waals surface area contributed by atoms with Crippen LogP contribution >= 0.6 is 0 Å². The summed E-state index contributed by atoms with van der Waals surface area (Å²) < 4.78 is 47.0. The highest BCUT2D eigenvalue weighted by molar-refractivity contribution is 5.92. The van der Waals surface area contributed by atoms with Crippen LogP contribution in [-0.4, -0.2) is 40.5 Å². The number of rotatable bonds is 5. The molecule has 1 aromatic carbocycles. The largest absolute Gasteiger partial charge is 0.373 e. The molecule has 2 saturated heterocycles. The average molecular weight is 458 g/mol. The van der Waals surface area contributed by atoms with Crippen molar-refractivity contribution in [3.8, 4) is 0 Å². The highest BCUT2D eigenvalue weighted by atomic mass is 19.3. The smallest absolute Gasteiger partial charge is 0.266 e. The Balaban J connectivity index is 1.47. The molecule has 0 amide bonds. The fourth-order valence-electron chi connectivity index (χ4n) is 4.92. The molecule has 4 heterocycles. The Labute approximate surface area is 190 Å². The van der Waals surface area contributed by atoms with Gasteiger partial charge >= 0.3 is 0 Å². The van der Waals surface area contributed by atoms with Gasteiger partial charge in [0, 0.05) is 30.6 Å². The predicted octanol–water partition coefficient (Wildman–Crippen LogP) is 5.34. The van der Waals surface area contributed by atoms with E-state index in [-0.39, 0.29) is 11.2 Å². The van der Waals surface area contributed by atoms with Gasteiger partial charge in [0.15, 0.2) is 5.82 Å². The topological polar surface area (TPSA) is 63.2 Å². The zero-order valence-corrected chi connectivity index (χ0v) is 18.6.